The maximum atomic E-state index is 13.9. The molecule has 1 heterocycles. The minimum atomic E-state index is -0.883. The fourth-order valence-electron chi connectivity index (χ4n) is 2.22. The molecule has 0 saturated carbocycles. The van der Waals surface area contributed by atoms with E-state index < -0.39 is 11.6 Å². The fourth-order valence-corrected chi connectivity index (χ4v) is 2.22. The smallest absolute Gasteiger partial charge is 0.228 e. The number of carbonyl (C=O) groups is 1. The van der Waals surface area contributed by atoms with Crippen molar-refractivity contribution in [1.29, 1.82) is 0 Å². The molecule has 2 nitrogen and oxygen atoms in total. The molecule has 0 aromatic rings. The highest BCUT2D eigenvalue weighted by Gasteiger charge is 2.43. The van der Waals surface area contributed by atoms with Crippen molar-refractivity contribution in [3.63, 3.8) is 0 Å². The van der Waals surface area contributed by atoms with Crippen LogP contribution in [0.3, 0.4) is 0 Å². The number of hydrogen-bond acceptors (Lipinski definition) is 1. The molecular weight excluding hydrogens is 205 g/mol. The second-order valence-electron chi connectivity index (χ2n) is 6.95. The van der Waals surface area contributed by atoms with Crippen molar-refractivity contribution in [3.8, 4) is 0 Å². The summed E-state index contributed by atoms with van der Waals surface area (Å²) in [5.74, 6) is 0.0145. The van der Waals surface area contributed by atoms with Crippen LogP contribution < -0.4 is 0 Å². The van der Waals surface area contributed by atoms with Crippen molar-refractivity contribution in [2.24, 2.45) is 16.7 Å². The number of hydrogen-bond donors (Lipinski definition) is 0. The van der Waals surface area contributed by atoms with Crippen LogP contribution in [0.15, 0.2) is 0 Å². The van der Waals surface area contributed by atoms with E-state index in [0.29, 0.717) is 6.54 Å². The first-order chi connectivity index (χ1) is 7.03. The SMILES string of the molecule is CC(C)(C)C(=O)N1CC(C(C)(C)C)[C@@H](F)C1. The van der Waals surface area contributed by atoms with Gasteiger partial charge < -0.3 is 4.90 Å². The Morgan fingerprint density at radius 3 is 1.94 bits per heavy atom. The minimum Gasteiger partial charge on any atom is -0.339 e. The Bertz CT molecular complexity index is 275. The molecule has 1 fully saturated rings. The molecule has 0 aromatic heterocycles. The Balaban J connectivity index is 2.75. The lowest BCUT2D eigenvalue weighted by atomic mass is 9.79. The largest absolute Gasteiger partial charge is 0.339 e. The molecule has 0 bridgehead atoms. The van der Waals surface area contributed by atoms with Gasteiger partial charge in [-0.05, 0) is 5.41 Å². The Hall–Kier alpha value is -0.600. The van der Waals surface area contributed by atoms with Crippen LogP contribution in [-0.2, 0) is 4.79 Å². The van der Waals surface area contributed by atoms with Gasteiger partial charge in [0.15, 0.2) is 0 Å². The Morgan fingerprint density at radius 1 is 1.12 bits per heavy atom. The topological polar surface area (TPSA) is 20.3 Å². The second-order valence-corrected chi connectivity index (χ2v) is 6.95. The summed E-state index contributed by atoms with van der Waals surface area (Å²) in [7, 11) is 0. The van der Waals surface area contributed by atoms with Crippen LogP contribution in [-0.4, -0.2) is 30.1 Å². The highest BCUT2D eigenvalue weighted by molar-refractivity contribution is 5.81. The van der Waals surface area contributed by atoms with Crippen LogP contribution >= 0.6 is 0 Å². The predicted octanol–water partition coefficient (Wildman–Crippen LogP) is 2.88. The molecule has 94 valence electrons. The summed E-state index contributed by atoms with van der Waals surface area (Å²) in [5, 5.41) is 0. The quantitative estimate of drug-likeness (QED) is 0.625. The van der Waals surface area contributed by atoms with E-state index in [0.717, 1.165) is 0 Å². The zero-order valence-electron chi connectivity index (χ0n) is 11.3. The van der Waals surface area contributed by atoms with Gasteiger partial charge in [0.1, 0.15) is 6.17 Å². The number of likely N-dealkylation sites (tertiary alicyclic amines) is 1. The molecule has 0 radical (unpaired) electrons. The summed E-state index contributed by atoms with van der Waals surface area (Å²) in [6, 6.07) is 0. The van der Waals surface area contributed by atoms with Crippen molar-refractivity contribution in [2.75, 3.05) is 13.1 Å². The molecule has 1 unspecified atom stereocenters. The summed E-state index contributed by atoms with van der Waals surface area (Å²) in [6.45, 7) is 12.6. The van der Waals surface area contributed by atoms with E-state index in [1.807, 2.05) is 41.5 Å². The van der Waals surface area contributed by atoms with Gasteiger partial charge in [0, 0.05) is 17.9 Å². The van der Waals surface area contributed by atoms with Gasteiger partial charge in [-0.25, -0.2) is 4.39 Å². The van der Waals surface area contributed by atoms with Crippen LogP contribution in [0.2, 0.25) is 0 Å². The van der Waals surface area contributed by atoms with E-state index >= 15 is 0 Å². The summed E-state index contributed by atoms with van der Waals surface area (Å²) in [6.07, 6.45) is -0.883. The number of nitrogens with zero attached hydrogens (tertiary/aromatic N) is 1. The molecule has 0 aliphatic carbocycles. The highest BCUT2D eigenvalue weighted by Crippen LogP contribution is 2.36. The third-order valence-corrected chi connectivity index (χ3v) is 3.29. The third kappa shape index (κ3) is 2.74. The van der Waals surface area contributed by atoms with Crippen LogP contribution in [0.5, 0.6) is 0 Å². The minimum absolute atomic E-state index is 0.0428. The number of alkyl halides is 1. The molecule has 1 amide bonds. The molecular formula is C13H24FNO. The number of amides is 1. The van der Waals surface area contributed by atoms with Gasteiger partial charge in [0.25, 0.3) is 0 Å². The van der Waals surface area contributed by atoms with Crippen LogP contribution in [0.25, 0.3) is 0 Å². The predicted molar refractivity (Wildman–Crippen MR) is 63.9 cm³/mol. The fraction of sp³-hybridized carbons (Fsp3) is 0.923. The van der Waals surface area contributed by atoms with Crippen molar-refractivity contribution < 1.29 is 9.18 Å². The van der Waals surface area contributed by atoms with Gasteiger partial charge in [-0.15, -0.1) is 0 Å². The van der Waals surface area contributed by atoms with E-state index in [2.05, 4.69) is 0 Å². The van der Waals surface area contributed by atoms with Gasteiger partial charge >= 0.3 is 0 Å². The molecule has 3 heteroatoms. The van der Waals surface area contributed by atoms with Crippen LogP contribution in [0, 0.1) is 16.7 Å². The Labute approximate surface area is 98.2 Å². The van der Waals surface area contributed by atoms with Crippen LogP contribution in [0.1, 0.15) is 41.5 Å². The lowest BCUT2D eigenvalue weighted by molar-refractivity contribution is -0.138. The molecule has 2 atom stereocenters. The monoisotopic (exact) mass is 229 g/mol. The maximum Gasteiger partial charge on any atom is 0.228 e. The number of rotatable bonds is 0. The van der Waals surface area contributed by atoms with Gasteiger partial charge in [-0.1, -0.05) is 41.5 Å². The highest BCUT2D eigenvalue weighted by atomic mass is 19.1. The second kappa shape index (κ2) is 4.01. The molecule has 0 N–H and O–H groups in total. The van der Waals surface area contributed by atoms with Crippen molar-refractivity contribution in [1.82, 2.24) is 4.90 Å². The first-order valence-corrected chi connectivity index (χ1v) is 5.97. The van der Waals surface area contributed by atoms with Crippen molar-refractivity contribution in [2.45, 2.75) is 47.7 Å². The summed E-state index contributed by atoms with van der Waals surface area (Å²) >= 11 is 0. The summed E-state index contributed by atoms with van der Waals surface area (Å²) in [4.78, 5) is 13.7. The molecule has 0 aromatic carbocycles. The van der Waals surface area contributed by atoms with E-state index in [9.17, 15) is 9.18 Å². The number of carbonyl (C=O) groups excluding carboxylic acids is 1. The normalized spacial score (nSPS) is 27.3. The maximum absolute atomic E-state index is 13.9. The lowest BCUT2D eigenvalue weighted by Crippen LogP contribution is -2.38. The first-order valence-electron chi connectivity index (χ1n) is 5.97. The zero-order valence-corrected chi connectivity index (χ0v) is 11.3. The molecule has 0 spiro atoms. The Morgan fingerprint density at radius 2 is 1.62 bits per heavy atom. The first kappa shape index (κ1) is 13.5. The molecule has 16 heavy (non-hydrogen) atoms. The van der Waals surface area contributed by atoms with Crippen LogP contribution in [0.4, 0.5) is 4.39 Å². The van der Waals surface area contributed by atoms with E-state index in [1.165, 1.54) is 0 Å². The summed E-state index contributed by atoms with van der Waals surface area (Å²) in [5.41, 5.74) is -0.487. The Kier molecular flexibility index (Phi) is 3.37. The average molecular weight is 229 g/mol. The third-order valence-electron chi connectivity index (χ3n) is 3.29. The van der Waals surface area contributed by atoms with Gasteiger partial charge in [-0.3, -0.25) is 4.79 Å². The molecule has 1 saturated heterocycles. The molecule has 1 aliphatic heterocycles. The average Bonchev–Trinajstić information content (AvgIpc) is 2.43. The summed E-state index contributed by atoms with van der Waals surface area (Å²) < 4.78 is 13.9. The standard InChI is InChI=1S/C13H24FNO/c1-12(2,3)9-7-15(8-10(9)14)11(16)13(4,5)6/h9-10H,7-8H2,1-6H3/t9?,10-/m0/s1. The zero-order chi connectivity index (χ0) is 12.7. The van der Waals surface area contributed by atoms with Gasteiger partial charge in [0.05, 0.1) is 6.54 Å². The van der Waals surface area contributed by atoms with E-state index in [-0.39, 0.29) is 23.8 Å². The van der Waals surface area contributed by atoms with Gasteiger partial charge in [-0.2, -0.15) is 0 Å². The lowest BCUT2D eigenvalue weighted by Gasteiger charge is -2.29. The van der Waals surface area contributed by atoms with E-state index in [1.54, 1.807) is 4.90 Å². The molecule has 1 rings (SSSR count). The van der Waals surface area contributed by atoms with E-state index in [4.69, 9.17) is 0 Å². The van der Waals surface area contributed by atoms with Crippen molar-refractivity contribution in [3.05, 3.63) is 0 Å². The molecule has 1 aliphatic rings. The number of halogens is 1. The van der Waals surface area contributed by atoms with Crippen molar-refractivity contribution >= 4 is 5.91 Å². The van der Waals surface area contributed by atoms with Gasteiger partial charge in [0.2, 0.25) is 5.91 Å².